The maximum Gasteiger partial charge on any atom is 0.140 e. The molecule has 1 aromatic heterocycles. The lowest BCUT2D eigenvalue weighted by molar-refractivity contribution is 0.0661. The largest absolute Gasteiger partial charge is 0.381 e. The van der Waals surface area contributed by atoms with Crippen LogP contribution in [0.25, 0.3) is 0 Å². The van der Waals surface area contributed by atoms with Gasteiger partial charge in [-0.25, -0.2) is 9.67 Å². The van der Waals surface area contributed by atoms with Crippen molar-refractivity contribution in [2.24, 2.45) is 11.8 Å². The minimum absolute atomic E-state index is 0.598. The zero-order valence-corrected chi connectivity index (χ0v) is 11.4. The van der Waals surface area contributed by atoms with E-state index in [0.717, 1.165) is 44.6 Å². The van der Waals surface area contributed by atoms with Gasteiger partial charge in [-0.3, -0.25) is 0 Å². The molecule has 1 N–H and O–H groups in total. The summed E-state index contributed by atoms with van der Waals surface area (Å²) in [7, 11) is 0. The average Bonchev–Trinajstić information content (AvgIpc) is 2.77. The maximum atomic E-state index is 5.36. The van der Waals surface area contributed by atoms with E-state index in [-0.39, 0.29) is 0 Å². The molecule has 1 saturated heterocycles. The predicted molar refractivity (Wildman–Crippen MR) is 70.1 cm³/mol. The maximum absolute atomic E-state index is 5.36. The fourth-order valence-electron chi connectivity index (χ4n) is 2.26. The molecule has 18 heavy (non-hydrogen) atoms. The molecule has 1 fully saturated rings. The van der Waals surface area contributed by atoms with Crippen molar-refractivity contribution in [1.29, 1.82) is 0 Å². The van der Waals surface area contributed by atoms with Gasteiger partial charge >= 0.3 is 0 Å². The van der Waals surface area contributed by atoms with Gasteiger partial charge in [0, 0.05) is 19.8 Å². The van der Waals surface area contributed by atoms with Crippen molar-refractivity contribution in [3.05, 3.63) is 12.2 Å². The first-order valence-corrected chi connectivity index (χ1v) is 6.91. The van der Waals surface area contributed by atoms with E-state index in [4.69, 9.17) is 4.74 Å². The number of ether oxygens (including phenoxy) is 1. The van der Waals surface area contributed by atoms with E-state index < -0.39 is 0 Å². The number of hydrogen-bond donors (Lipinski definition) is 1. The summed E-state index contributed by atoms with van der Waals surface area (Å²) in [6, 6.07) is 0. The fourth-order valence-corrected chi connectivity index (χ4v) is 2.26. The van der Waals surface area contributed by atoms with Gasteiger partial charge in [0.1, 0.15) is 12.2 Å². The van der Waals surface area contributed by atoms with Gasteiger partial charge in [0.2, 0.25) is 0 Å². The number of aromatic nitrogens is 3. The van der Waals surface area contributed by atoms with E-state index in [1.54, 1.807) is 6.33 Å². The Hall–Kier alpha value is -0.940. The summed E-state index contributed by atoms with van der Waals surface area (Å²) in [6.07, 6.45) is 3.99. The highest BCUT2D eigenvalue weighted by molar-refractivity contribution is 4.84. The lowest BCUT2D eigenvalue weighted by Crippen LogP contribution is -2.28. The average molecular weight is 252 g/mol. The van der Waals surface area contributed by atoms with Crippen molar-refractivity contribution in [3.8, 4) is 0 Å². The summed E-state index contributed by atoms with van der Waals surface area (Å²) in [5.74, 6) is 2.39. The van der Waals surface area contributed by atoms with Crippen LogP contribution in [0.4, 0.5) is 0 Å². The predicted octanol–water partition coefficient (Wildman–Crippen LogP) is 1.45. The number of rotatable bonds is 6. The molecule has 2 heterocycles. The first kappa shape index (κ1) is 13.5. The summed E-state index contributed by atoms with van der Waals surface area (Å²) >= 11 is 0. The van der Waals surface area contributed by atoms with E-state index in [0.29, 0.717) is 5.92 Å². The monoisotopic (exact) mass is 252 g/mol. The molecule has 5 heteroatoms. The summed E-state index contributed by atoms with van der Waals surface area (Å²) < 4.78 is 7.36. The molecule has 0 radical (unpaired) electrons. The van der Waals surface area contributed by atoms with Crippen LogP contribution in [-0.4, -0.2) is 34.5 Å². The molecule has 0 saturated carbocycles. The molecule has 0 unspecified atom stereocenters. The van der Waals surface area contributed by atoms with Gasteiger partial charge in [0.15, 0.2) is 0 Å². The Kier molecular flexibility index (Phi) is 5.13. The molecule has 2 rings (SSSR count). The summed E-state index contributed by atoms with van der Waals surface area (Å²) in [6.45, 7) is 9.02. The molecule has 0 amide bonds. The number of hydrogen-bond acceptors (Lipinski definition) is 4. The van der Waals surface area contributed by atoms with Crippen LogP contribution < -0.4 is 5.32 Å². The van der Waals surface area contributed by atoms with E-state index in [2.05, 4.69) is 29.2 Å². The fraction of sp³-hybridized carbons (Fsp3) is 0.846. The molecule has 1 aromatic rings. The Labute approximate surface area is 109 Å². The van der Waals surface area contributed by atoms with E-state index in [1.165, 1.54) is 12.8 Å². The quantitative estimate of drug-likeness (QED) is 0.832. The van der Waals surface area contributed by atoms with Crippen LogP contribution in [0.15, 0.2) is 6.33 Å². The lowest BCUT2D eigenvalue weighted by atomic mass is 10.0. The van der Waals surface area contributed by atoms with Gasteiger partial charge < -0.3 is 10.1 Å². The van der Waals surface area contributed by atoms with Crippen LogP contribution in [0.1, 0.15) is 32.5 Å². The van der Waals surface area contributed by atoms with Gasteiger partial charge in [-0.1, -0.05) is 13.8 Å². The van der Waals surface area contributed by atoms with Gasteiger partial charge in [-0.05, 0) is 31.2 Å². The van der Waals surface area contributed by atoms with Crippen LogP contribution in [0.5, 0.6) is 0 Å². The SMILES string of the molecule is CC(C)Cn1ncnc1CNCC1CCOCC1. The summed E-state index contributed by atoms with van der Waals surface area (Å²) in [5.41, 5.74) is 0. The van der Waals surface area contributed by atoms with Crippen molar-refractivity contribution in [2.45, 2.75) is 39.8 Å². The van der Waals surface area contributed by atoms with E-state index >= 15 is 0 Å². The Morgan fingerprint density at radius 3 is 2.94 bits per heavy atom. The van der Waals surface area contributed by atoms with Gasteiger partial charge in [-0.2, -0.15) is 5.10 Å². The number of nitrogens with zero attached hydrogens (tertiary/aromatic N) is 3. The molecular weight excluding hydrogens is 228 g/mol. The summed E-state index contributed by atoms with van der Waals surface area (Å²) in [5, 5.41) is 7.76. The lowest BCUT2D eigenvalue weighted by Gasteiger charge is -2.22. The molecular formula is C13H24N4O. The molecule has 0 aliphatic carbocycles. The Morgan fingerprint density at radius 2 is 2.22 bits per heavy atom. The second-order valence-electron chi connectivity index (χ2n) is 5.44. The summed E-state index contributed by atoms with van der Waals surface area (Å²) in [4.78, 5) is 4.32. The third-order valence-corrected chi connectivity index (χ3v) is 3.29. The van der Waals surface area contributed by atoms with Crippen LogP contribution >= 0.6 is 0 Å². The Balaban J connectivity index is 1.74. The van der Waals surface area contributed by atoms with Crippen molar-refractivity contribution >= 4 is 0 Å². The van der Waals surface area contributed by atoms with Crippen LogP contribution in [-0.2, 0) is 17.8 Å². The van der Waals surface area contributed by atoms with Gasteiger partial charge in [0.25, 0.3) is 0 Å². The van der Waals surface area contributed by atoms with Crippen molar-refractivity contribution < 1.29 is 4.74 Å². The van der Waals surface area contributed by atoms with Crippen LogP contribution in [0.2, 0.25) is 0 Å². The Bertz CT molecular complexity index is 345. The highest BCUT2D eigenvalue weighted by atomic mass is 16.5. The minimum atomic E-state index is 0.598. The molecule has 0 atom stereocenters. The van der Waals surface area contributed by atoms with Crippen molar-refractivity contribution in [2.75, 3.05) is 19.8 Å². The van der Waals surface area contributed by atoms with Crippen molar-refractivity contribution in [3.63, 3.8) is 0 Å². The highest BCUT2D eigenvalue weighted by Crippen LogP contribution is 2.13. The third kappa shape index (κ3) is 4.07. The zero-order valence-electron chi connectivity index (χ0n) is 11.4. The molecule has 1 aliphatic rings. The second kappa shape index (κ2) is 6.85. The van der Waals surface area contributed by atoms with Gasteiger partial charge in [0.05, 0.1) is 6.54 Å². The first-order valence-electron chi connectivity index (χ1n) is 6.91. The zero-order chi connectivity index (χ0) is 12.8. The molecule has 0 bridgehead atoms. The molecule has 5 nitrogen and oxygen atoms in total. The second-order valence-corrected chi connectivity index (χ2v) is 5.44. The van der Waals surface area contributed by atoms with E-state index in [9.17, 15) is 0 Å². The normalized spacial score (nSPS) is 17.5. The standard InChI is InChI=1S/C13H24N4O/c1-11(2)9-17-13(15-10-16-17)8-14-7-12-3-5-18-6-4-12/h10-12,14H,3-9H2,1-2H3. The third-order valence-electron chi connectivity index (χ3n) is 3.29. The van der Waals surface area contributed by atoms with Gasteiger partial charge in [-0.15, -0.1) is 0 Å². The number of nitrogens with one attached hydrogen (secondary N) is 1. The van der Waals surface area contributed by atoms with E-state index in [1.807, 2.05) is 4.68 Å². The highest BCUT2D eigenvalue weighted by Gasteiger charge is 2.13. The minimum Gasteiger partial charge on any atom is -0.381 e. The molecule has 1 aliphatic heterocycles. The topological polar surface area (TPSA) is 52.0 Å². The molecule has 0 aromatic carbocycles. The molecule has 102 valence electrons. The first-order chi connectivity index (χ1) is 8.75. The van der Waals surface area contributed by atoms with Crippen molar-refractivity contribution in [1.82, 2.24) is 20.1 Å². The smallest absolute Gasteiger partial charge is 0.140 e. The Morgan fingerprint density at radius 1 is 1.44 bits per heavy atom. The molecule has 0 spiro atoms. The van der Waals surface area contributed by atoms with Crippen LogP contribution in [0.3, 0.4) is 0 Å². The van der Waals surface area contributed by atoms with Crippen LogP contribution in [0, 0.1) is 11.8 Å².